The number of ether oxygens (including phenoxy) is 1. The molecule has 0 spiro atoms. The number of pyridine rings is 1. The second kappa shape index (κ2) is 6.21. The number of aromatic amines is 1. The summed E-state index contributed by atoms with van der Waals surface area (Å²) >= 11 is 0. The van der Waals surface area contributed by atoms with Crippen molar-refractivity contribution in [3.8, 4) is 5.88 Å². The molecule has 10 heteroatoms. The van der Waals surface area contributed by atoms with E-state index < -0.39 is 11.8 Å². The smallest absolute Gasteiger partial charge is 0.358 e. The molecule has 3 aromatic heterocycles. The lowest BCUT2D eigenvalue weighted by Crippen LogP contribution is -2.25. The summed E-state index contributed by atoms with van der Waals surface area (Å²) in [6.07, 6.45) is 4.20. The lowest BCUT2D eigenvalue weighted by atomic mass is 10.1. The molecular formula is C16H15FN6O3. The molecule has 0 bridgehead atoms. The minimum Gasteiger partial charge on any atom is -0.481 e. The van der Waals surface area contributed by atoms with Gasteiger partial charge in [0.1, 0.15) is 16.9 Å². The lowest BCUT2D eigenvalue weighted by Gasteiger charge is -2.25. The SMILES string of the molecule is COc1ncc(F)cc1[C@H]1CCCN1c1ncc2[nH]nc(C(=O)O)c2n1. The molecule has 4 heterocycles. The van der Waals surface area contributed by atoms with E-state index in [-0.39, 0.29) is 17.3 Å². The van der Waals surface area contributed by atoms with Gasteiger partial charge in [0.15, 0.2) is 5.69 Å². The highest BCUT2D eigenvalue weighted by atomic mass is 19.1. The van der Waals surface area contributed by atoms with Crippen molar-refractivity contribution in [1.82, 2.24) is 25.1 Å². The molecular weight excluding hydrogens is 343 g/mol. The first-order valence-electron chi connectivity index (χ1n) is 7.99. The van der Waals surface area contributed by atoms with Gasteiger partial charge in [0.25, 0.3) is 0 Å². The monoisotopic (exact) mass is 358 g/mol. The number of anilines is 1. The van der Waals surface area contributed by atoms with Gasteiger partial charge < -0.3 is 14.7 Å². The molecule has 1 aliphatic heterocycles. The molecule has 26 heavy (non-hydrogen) atoms. The molecule has 2 N–H and O–H groups in total. The third-order valence-electron chi connectivity index (χ3n) is 4.40. The zero-order valence-corrected chi connectivity index (χ0v) is 13.8. The molecule has 1 fully saturated rings. The van der Waals surface area contributed by atoms with Gasteiger partial charge in [-0.1, -0.05) is 0 Å². The predicted molar refractivity (Wildman–Crippen MR) is 88.7 cm³/mol. The van der Waals surface area contributed by atoms with Crippen LogP contribution in [0.25, 0.3) is 11.0 Å². The molecule has 4 rings (SSSR count). The average molecular weight is 358 g/mol. The van der Waals surface area contributed by atoms with Crippen LogP contribution in [0.5, 0.6) is 5.88 Å². The molecule has 0 saturated carbocycles. The van der Waals surface area contributed by atoms with Gasteiger partial charge in [0.05, 0.1) is 25.5 Å². The Hall–Kier alpha value is -3.30. The van der Waals surface area contributed by atoms with Crippen molar-refractivity contribution < 1.29 is 19.0 Å². The van der Waals surface area contributed by atoms with Crippen LogP contribution in [0.3, 0.4) is 0 Å². The number of hydrogen-bond donors (Lipinski definition) is 2. The van der Waals surface area contributed by atoms with E-state index in [9.17, 15) is 14.3 Å². The summed E-state index contributed by atoms with van der Waals surface area (Å²) in [5, 5.41) is 15.6. The Morgan fingerprint density at radius 3 is 3.04 bits per heavy atom. The van der Waals surface area contributed by atoms with E-state index >= 15 is 0 Å². The van der Waals surface area contributed by atoms with Crippen LogP contribution in [0.15, 0.2) is 18.5 Å². The fraction of sp³-hybridized carbons (Fsp3) is 0.312. The second-order valence-corrected chi connectivity index (χ2v) is 5.91. The molecule has 1 aliphatic rings. The van der Waals surface area contributed by atoms with Crippen LogP contribution in [0.1, 0.15) is 34.9 Å². The Kier molecular flexibility index (Phi) is 3.86. The normalized spacial score (nSPS) is 17.0. The highest BCUT2D eigenvalue weighted by Crippen LogP contribution is 2.38. The maximum Gasteiger partial charge on any atom is 0.358 e. The van der Waals surface area contributed by atoms with Gasteiger partial charge >= 0.3 is 5.97 Å². The molecule has 1 saturated heterocycles. The van der Waals surface area contributed by atoms with E-state index in [0.29, 0.717) is 29.5 Å². The minimum atomic E-state index is -1.17. The van der Waals surface area contributed by atoms with Crippen molar-refractivity contribution in [3.05, 3.63) is 35.5 Å². The van der Waals surface area contributed by atoms with Gasteiger partial charge in [-0.05, 0) is 18.9 Å². The first-order valence-corrected chi connectivity index (χ1v) is 7.99. The standard InChI is InChI=1S/C16H15FN6O3/c1-26-14-9(5-8(17)6-18-14)11-3-2-4-23(11)16-19-7-10-12(20-16)13(15(24)25)22-21-10/h5-7,11H,2-4H2,1H3,(H,21,22)(H,24,25)/t11-/m1/s1. The largest absolute Gasteiger partial charge is 0.481 e. The molecule has 0 radical (unpaired) electrons. The number of nitrogens with zero attached hydrogens (tertiary/aromatic N) is 5. The van der Waals surface area contributed by atoms with Crippen LogP contribution in [0.4, 0.5) is 10.3 Å². The number of H-pyrrole nitrogens is 1. The number of carboxylic acids is 1. The topological polar surface area (TPSA) is 117 Å². The van der Waals surface area contributed by atoms with Crippen molar-refractivity contribution in [1.29, 1.82) is 0 Å². The minimum absolute atomic E-state index is 0.163. The van der Waals surface area contributed by atoms with Gasteiger partial charge in [0, 0.05) is 12.1 Å². The quantitative estimate of drug-likeness (QED) is 0.726. The molecule has 9 nitrogen and oxygen atoms in total. The maximum absolute atomic E-state index is 13.7. The number of rotatable bonds is 4. The van der Waals surface area contributed by atoms with E-state index in [1.807, 2.05) is 4.90 Å². The van der Waals surface area contributed by atoms with Crippen molar-refractivity contribution in [3.63, 3.8) is 0 Å². The molecule has 0 aliphatic carbocycles. The van der Waals surface area contributed by atoms with Crippen LogP contribution < -0.4 is 9.64 Å². The average Bonchev–Trinajstić information content (AvgIpc) is 3.28. The van der Waals surface area contributed by atoms with Crippen molar-refractivity contribution >= 4 is 23.0 Å². The number of nitrogens with one attached hydrogen (secondary N) is 1. The Bertz CT molecular complexity index is 991. The van der Waals surface area contributed by atoms with E-state index in [1.165, 1.54) is 19.4 Å². The third-order valence-corrected chi connectivity index (χ3v) is 4.40. The lowest BCUT2D eigenvalue weighted by molar-refractivity contribution is 0.0692. The molecule has 0 amide bonds. The van der Waals surface area contributed by atoms with E-state index in [4.69, 9.17) is 4.74 Å². The zero-order valence-electron chi connectivity index (χ0n) is 13.8. The van der Waals surface area contributed by atoms with Crippen LogP contribution in [-0.2, 0) is 0 Å². The summed E-state index contributed by atoms with van der Waals surface area (Å²) in [4.78, 5) is 25.9. The summed E-state index contributed by atoms with van der Waals surface area (Å²) in [5.74, 6) is -0.920. The molecule has 0 aromatic carbocycles. The zero-order chi connectivity index (χ0) is 18.3. The summed E-state index contributed by atoms with van der Waals surface area (Å²) < 4.78 is 19.0. The van der Waals surface area contributed by atoms with Gasteiger partial charge in [-0.15, -0.1) is 0 Å². The molecule has 1 atom stereocenters. The van der Waals surface area contributed by atoms with Crippen molar-refractivity contribution in [2.75, 3.05) is 18.6 Å². The number of aromatic carboxylic acids is 1. The fourth-order valence-electron chi connectivity index (χ4n) is 3.27. The van der Waals surface area contributed by atoms with Crippen LogP contribution in [0.2, 0.25) is 0 Å². The van der Waals surface area contributed by atoms with E-state index in [0.717, 1.165) is 19.0 Å². The van der Waals surface area contributed by atoms with Gasteiger partial charge in [-0.25, -0.2) is 24.1 Å². The molecule has 3 aromatic rings. The fourth-order valence-corrected chi connectivity index (χ4v) is 3.27. The Balaban J connectivity index is 1.77. The number of fused-ring (bicyclic) bond motifs is 1. The predicted octanol–water partition coefficient (Wildman–Crippen LogP) is 1.94. The Morgan fingerprint density at radius 1 is 1.42 bits per heavy atom. The van der Waals surface area contributed by atoms with Crippen molar-refractivity contribution in [2.24, 2.45) is 0 Å². The third kappa shape index (κ3) is 2.59. The maximum atomic E-state index is 13.7. The second-order valence-electron chi connectivity index (χ2n) is 5.91. The van der Waals surface area contributed by atoms with Crippen LogP contribution in [0, 0.1) is 5.82 Å². The molecule has 0 unspecified atom stereocenters. The summed E-state index contributed by atoms with van der Waals surface area (Å²) in [5.41, 5.74) is 1.12. The molecule has 134 valence electrons. The Labute approximate surface area is 146 Å². The number of hydrogen-bond acceptors (Lipinski definition) is 7. The highest BCUT2D eigenvalue weighted by Gasteiger charge is 2.31. The first kappa shape index (κ1) is 16.2. The number of aromatic nitrogens is 5. The number of carboxylic acid groups (broad SMARTS) is 1. The van der Waals surface area contributed by atoms with Crippen molar-refractivity contribution in [2.45, 2.75) is 18.9 Å². The van der Waals surface area contributed by atoms with Gasteiger partial charge in [-0.2, -0.15) is 5.10 Å². The number of methoxy groups -OCH3 is 1. The number of halogens is 1. The van der Waals surface area contributed by atoms with Crippen LogP contribution >= 0.6 is 0 Å². The van der Waals surface area contributed by atoms with Gasteiger partial charge in [0.2, 0.25) is 11.8 Å². The summed E-state index contributed by atoms with van der Waals surface area (Å²) in [7, 11) is 1.48. The van der Waals surface area contributed by atoms with Crippen LogP contribution in [-0.4, -0.2) is 49.9 Å². The summed E-state index contributed by atoms with van der Waals surface area (Å²) in [6, 6.07) is 1.18. The first-order chi connectivity index (χ1) is 12.6. The van der Waals surface area contributed by atoms with E-state index in [1.54, 1.807) is 0 Å². The highest BCUT2D eigenvalue weighted by molar-refractivity contribution is 5.98. The van der Waals surface area contributed by atoms with Gasteiger partial charge in [-0.3, -0.25) is 5.10 Å². The number of carbonyl (C=O) groups is 1. The Morgan fingerprint density at radius 2 is 2.27 bits per heavy atom. The van der Waals surface area contributed by atoms with E-state index in [2.05, 4.69) is 25.1 Å². The summed E-state index contributed by atoms with van der Waals surface area (Å²) in [6.45, 7) is 0.649.